The van der Waals surface area contributed by atoms with Crippen LogP contribution in [0, 0.1) is 0 Å². The monoisotopic (exact) mass is 244 g/mol. The molecule has 0 aliphatic carbocycles. The van der Waals surface area contributed by atoms with Gasteiger partial charge in [-0.05, 0) is 0 Å². The minimum atomic E-state index is -5.39. The van der Waals surface area contributed by atoms with E-state index in [1.807, 2.05) is 0 Å². The molecule has 0 saturated heterocycles. The van der Waals surface area contributed by atoms with Gasteiger partial charge in [-0.1, -0.05) is 0 Å². The summed E-state index contributed by atoms with van der Waals surface area (Å²) < 4.78 is 8.55. The summed E-state index contributed by atoms with van der Waals surface area (Å²) in [6, 6.07) is 0. The molecule has 0 aliphatic rings. The molecule has 0 spiro atoms. The third kappa shape index (κ3) is 144. The van der Waals surface area contributed by atoms with Crippen LogP contribution in [-0.2, 0) is 4.57 Å². The normalized spacial score (nSPS) is 8.43. The molecule has 0 fully saturated rings. The molecule has 7 heavy (non-hydrogen) atoms. The molecule has 34 valence electrons. The van der Waals surface area contributed by atoms with E-state index in [9.17, 15) is 0 Å². The molecule has 0 aromatic carbocycles. The van der Waals surface area contributed by atoms with Gasteiger partial charge < -0.3 is 19.2 Å². The maximum absolute atomic E-state index is 8.55. The SMILES string of the molecule is O=P([O-])([O-])[O-].[Sb+3].[Si+4]. The summed E-state index contributed by atoms with van der Waals surface area (Å²) in [6.07, 6.45) is 0. The van der Waals surface area contributed by atoms with Gasteiger partial charge in [0, 0.05) is 0 Å². The fraction of sp³-hybridized carbons (Fsp3) is 0. The quantitative estimate of drug-likeness (QED) is 0.326. The number of hydrogen-bond donors (Lipinski definition) is 0. The molecular weight excluding hydrogens is 245 g/mol. The van der Waals surface area contributed by atoms with Crippen molar-refractivity contribution in [1.29, 1.82) is 0 Å². The Kier molecular flexibility index (Phi) is 11.9. The van der Waals surface area contributed by atoms with Crippen molar-refractivity contribution in [2.24, 2.45) is 0 Å². The predicted octanol–water partition coefficient (Wildman–Crippen LogP) is -3.59. The third-order valence-corrected chi connectivity index (χ3v) is 0. The van der Waals surface area contributed by atoms with Crippen molar-refractivity contribution in [3.63, 3.8) is 0 Å². The van der Waals surface area contributed by atoms with Crippen molar-refractivity contribution in [2.45, 2.75) is 0 Å². The van der Waals surface area contributed by atoms with Crippen molar-refractivity contribution < 1.29 is 19.2 Å². The number of phosphoric acid groups is 1. The van der Waals surface area contributed by atoms with Crippen molar-refractivity contribution in [3.05, 3.63) is 0 Å². The van der Waals surface area contributed by atoms with Crippen molar-refractivity contribution in [1.82, 2.24) is 0 Å². The maximum Gasteiger partial charge on any atom is 4.00 e. The summed E-state index contributed by atoms with van der Waals surface area (Å²) in [5.74, 6) is 0. The minimum Gasteiger partial charge on any atom is -0.822 e. The molecule has 0 N–H and O–H groups in total. The average Bonchev–Trinajstić information content (AvgIpc) is 0.722. The summed E-state index contributed by atoms with van der Waals surface area (Å²) >= 11 is 0. The zero-order valence-corrected chi connectivity index (χ0v) is 7.47. The van der Waals surface area contributed by atoms with Crippen LogP contribution in [-0.4, -0.2) is 35.4 Å². The van der Waals surface area contributed by atoms with E-state index in [1.54, 1.807) is 0 Å². The summed E-state index contributed by atoms with van der Waals surface area (Å²) in [7, 11) is -5.39. The minimum absolute atomic E-state index is 0. The van der Waals surface area contributed by atoms with Gasteiger partial charge in [0.15, 0.2) is 0 Å². The zero-order valence-electron chi connectivity index (χ0n) is 3.03. The fourth-order valence-corrected chi connectivity index (χ4v) is 0. The molecular formula is O4PSbSi+4. The number of rotatable bonds is 0. The standard InChI is InChI=1S/H3O4P.Sb.Si/c1-5(2,3)4;;/h(H3,1,2,3,4);;/q;+3;+4/p-3. The molecule has 0 atom stereocenters. The van der Waals surface area contributed by atoms with E-state index < -0.39 is 7.82 Å². The Hall–Kier alpha value is 1.15. The van der Waals surface area contributed by atoms with Gasteiger partial charge in [0.2, 0.25) is 0 Å². The molecule has 0 amide bonds. The van der Waals surface area contributed by atoms with Crippen molar-refractivity contribution in [3.8, 4) is 0 Å². The van der Waals surface area contributed by atoms with E-state index in [2.05, 4.69) is 0 Å². The topological polar surface area (TPSA) is 86.2 Å². The second-order valence-corrected chi connectivity index (χ2v) is 1.34. The Balaban J connectivity index is -0.0000000800. The average molecular weight is 245 g/mol. The van der Waals surface area contributed by atoms with Gasteiger partial charge >= 0.3 is 35.4 Å². The second-order valence-electron chi connectivity index (χ2n) is 0.447. The fourth-order valence-electron chi connectivity index (χ4n) is 0. The first kappa shape index (κ1) is 15.7. The predicted molar refractivity (Wildman–Crippen MR) is 19.1 cm³/mol. The van der Waals surface area contributed by atoms with Gasteiger partial charge in [-0.25, -0.2) is 0 Å². The van der Waals surface area contributed by atoms with E-state index in [4.69, 9.17) is 19.2 Å². The van der Waals surface area contributed by atoms with Crippen LogP contribution in [0.25, 0.3) is 0 Å². The van der Waals surface area contributed by atoms with Gasteiger partial charge in [0.1, 0.15) is 0 Å². The first-order valence-electron chi connectivity index (χ1n) is 0.730. The molecule has 0 aliphatic heterocycles. The van der Waals surface area contributed by atoms with E-state index >= 15 is 0 Å². The van der Waals surface area contributed by atoms with Crippen LogP contribution in [0.2, 0.25) is 0 Å². The smallest absolute Gasteiger partial charge is 0.822 e. The summed E-state index contributed by atoms with van der Waals surface area (Å²) in [5, 5.41) is 0. The summed E-state index contributed by atoms with van der Waals surface area (Å²) in [4.78, 5) is 25.6. The van der Waals surface area contributed by atoms with E-state index in [-0.39, 0.29) is 35.4 Å². The Bertz CT molecular complexity index is 57.8. The van der Waals surface area contributed by atoms with E-state index in [0.29, 0.717) is 0 Å². The van der Waals surface area contributed by atoms with Crippen LogP contribution in [0.5, 0.6) is 0 Å². The van der Waals surface area contributed by atoms with Crippen LogP contribution in [0.3, 0.4) is 0 Å². The van der Waals surface area contributed by atoms with Gasteiger partial charge in [0.25, 0.3) is 0 Å². The van der Waals surface area contributed by atoms with Gasteiger partial charge in [-0.15, -0.1) is 0 Å². The first-order chi connectivity index (χ1) is 2.00. The van der Waals surface area contributed by atoms with Crippen LogP contribution in [0.15, 0.2) is 0 Å². The largest absolute Gasteiger partial charge is 4.00 e. The molecule has 4 nitrogen and oxygen atoms in total. The molecule has 2 radical (unpaired) electrons. The second kappa shape index (κ2) is 5.29. The summed E-state index contributed by atoms with van der Waals surface area (Å²) in [5.41, 5.74) is 0. The van der Waals surface area contributed by atoms with Crippen LogP contribution in [0.4, 0.5) is 0 Å². The Morgan fingerprint density at radius 3 is 1.14 bits per heavy atom. The maximum atomic E-state index is 8.55. The molecule has 0 aromatic heterocycles. The summed E-state index contributed by atoms with van der Waals surface area (Å²) in [6.45, 7) is 0. The molecule has 7 heteroatoms. The van der Waals surface area contributed by atoms with Crippen molar-refractivity contribution >= 4 is 43.2 Å². The molecule has 0 saturated carbocycles. The first-order valence-corrected chi connectivity index (χ1v) is 2.19. The zero-order chi connectivity index (χ0) is 4.50. The van der Waals surface area contributed by atoms with Crippen LogP contribution < -0.4 is 14.7 Å². The van der Waals surface area contributed by atoms with Crippen molar-refractivity contribution in [2.75, 3.05) is 0 Å². The van der Waals surface area contributed by atoms with Gasteiger partial charge in [-0.2, -0.15) is 7.82 Å². The molecule has 0 heterocycles. The Morgan fingerprint density at radius 2 is 1.14 bits per heavy atom. The number of hydrogen-bond acceptors (Lipinski definition) is 4. The van der Waals surface area contributed by atoms with Crippen LogP contribution >= 0.6 is 7.82 Å². The van der Waals surface area contributed by atoms with Crippen LogP contribution in [0.1, 0.15) is 0 Å². The van der Waals surface area contributed by atoms with E-state index in [1.165, 1.54) is 0 Å². The molecule has 0 bridgehead atoms. The van der Waals surface area contributed by atoms with E-state index in [0.717, 1.165) is 0 Å². The third-order valence-electron chi connectivity index (χ3n) is 0. The molecule has 0 unspecified atom stereocenters. The van der Waals surface area contributed by atoms with Gasteiger partial charge in [-0.3, -0.25) is 0 Å². The molecule has 0 aromatic rings. The Morgan fingerprint density at radius 1 is 1.14 bits per heavy atom. The Labute approximate surface area is 62.7 Å². The molecule has 0 rings (SSSR count). The van der Waals surface area contributed by atoms with Gasteiger partial charge in [0.05, 0.1) is 0 Å².